The van der Waals surface area contributed by atoms with Crippen LogP contribution in [-0.2, 0) is 9.59 Å². The molecule has 0 bridgehead atoms. The van der Waals surface area contributed by atoms with Gasteiger partial charge in [-0.1, -0.05) is 0 Å². The van der Waals surface area contributed by atoms with Gasteiger partial charge in [-0.25, -0.2) is 0 Å². The van der Waals surface area contributed by atoms with E-state index in [9.17, 15) is 9.59 Å². The smallest absolute Gasteiger partial charge is 0.323 e. The summed E-state index contributed by atoms with van der Waals surface area (Å²) in [5, 5.41) is 24.8. The third kappa shape index (κ3) is 5.10. The second kappa shape index (κ2) is 5.00. The third-order valence-corrected chi connectivity index (χ3v) is 0.954. The highest BCUT2D eigenvalue weighted by Crippen LogP contribution is 1.88. The van der Waals surface area contributed by atoms with Gasteiger partial charge < -0.3 is 20.2 Å². The molecule has 0 aromatic heterocycles. The summed E-state index contributed by atoms with van der Waals surface area (Å²) >= 11 is 0. The number of aliphatic hydroxyl groups is 1. The molecule has 68 valence electrons. The molecule has 0 spiro atoms. The average Bonchev–Trinajstić information content (AvgIpc) is 1.84. The zero-order chi connectivity index (χ0) is 9.56. The van der Waals surface area contributed by atoms with Crippen molar-refractivity contribution < 1.29 is 24.9 Å². The minimum atomic E-state index is -1.16. The molecule has 12 heavy (non-hydrogen) atoms. The highest BCUT2D eigenvalue weighted by Gasteiger charge is 2.08. The molecule has 0 rings (SSSR count). The Morgan fingerprint density at radius 2 is 1.58 bits per heavy atom. The van der Waals surface area contributed by atoms with Gasteiger partial charge >= 0.3 is 11.9 Å². The van der Waals surface area contributed by atoms with Gasteiger partial charge in [0.15, 0.2) is 0 Å². The van der Waals surface area contributed by atoms with Gasteiger partial charge in [-0.2, -0.15) is 0 Å². The van der Waals surface area contributed by atoms with Crippen LogP contribution in [0.15, 0.2) is 12.5 Å². The van der Waals surface area contributed by atoms with Crippen molar-refractivity contribution in [1.29, 1.82) is 0 Å². The number of carboxylic acids is 2. The lowest BCUT2D eigenvalue weighted by atomic mass is 10.5. The number of aliphatic hydroxyl groups excluding tert-OH is 1. The molecule has 0 radical (unpaired) electrons. The number of rotatable bonds is 5. The highest BCUT2D eigenvalue weighted by molar-refractivity contribution is 5.72. The summed E-state index contributed by atoms with van der Waals surface area (Å²) in [7, 11) is 0. The first-order valence-corrected chi connectivity index (χ1v) is 3.04. The monoisotopic (exact) mass is 175 g/mol. The molecule has 0 heterocycles. The fourth-order valence-electron chi connectivity index (χ4n) is 0.603. The van der Waals surface area contributed by atoms with Gasteiger partial charge in [0.2, 0.25) is 0 Å². The molecule has 0 saturated carbocycles. The molecule has 0 aromatic carbocycles. The second-order valence-corrected chi connectivity index (χ2v) is 1.99. The lowest BCUT2D eigenvalue weighted by molar-refractivity contribution is -0.140. The van der Waals surface area contributed by atoms with Crippen molar-refractivity contribution in [2.24, 2.45) is 0 Å². The van der Waals surface area contributed by atoms with E-state index in [-0.39, 0.29) is 0 Å². The van der Waals surface area contributed by atoms with E-state index in [0.29, 0.717) is 6.26 Å². The molecule has 6 nitrogen and oxygen atoms in total. The quantitative estimate of drug-likeness (QED) is 0.486. The number of hydrogen-bond donors (Lipinski definition) is 3. The molecule has 0 fully saturated rings. The van der Waals surface area contributed by atoms with Gasteiger partial charge in [0, 0.05) is 6.20 Å². The van der Waals surface area contributed by atoms with Gasteiger partial charge in [-0.15, -0.1) is 0 Å². The fraction of sp³-hybridized carbons (Fsp3) is 0.333. The van der Waals surface area contributed by atoms with Crippen LogP contribution in [-0.4, -0.2) is 45.2 Å². The maximum Gasteiger partial charge on any atom is 0.323 e. The van der Waals surface area contributed by atoms with E-state index in [2.05, 4.69) is 0 Å². The first-order chi connectivity index (χ1) is 5.56. The summed E-state index contributed by atoms with van der Waals surface area (Å²) in [6, 6.07) is 0. The van der Waals surface area contributed by atoms with Crippen LogP contribution < -0.4 is 0 Å². The zero-order valence-electron chi connectivity index (χ0n) is 6.17. The topological polar surface area (TPSA) is 98.1 Å². The lowest BCUT2D eigenvalue weighted by Crippen LogP contribution is -2.29. The van der Waals surface area contributed by atoms with Crippen LogP contribution in [0.3, 0.4) is 0 Å². The number of carboxylic acid groups (broad SMARTS) is 2. The second-order valence-electron chi connectivity index (χ2n) is 1.99. The molecule has 0 saturated heterocycles. The first kappa shape index (κ1) is 10.3. The van der Waals surface area contributed by atoms with Crippen LogP contribution in [0.1, 0.15) is 0 Å². The summed E-state index contributed by atoms with van der Waals surface area (Å²) in [5.41, 5.74) is 0. The maximum atomic E-state index is 10.1. The summed E-state index contributed by atoms with van der Waals surface area (Å²) in [5.74, 6) is -2.32. The van der Waals surface area contributed by atoms with Crippen LogP contribution >= 0.6 is 0 Å². The minimum absolute atomic E-state index is 0.455. The molecule has 0 unspecified atom stereocenters. The molecule has 0 aliphatic rings. The predicted molar refractivity (Wildman–Crippen MR) is 38.6 cm³/mol. The number of nitrogens with zero attached hydrogens (tertiary/aromatic N) is 1. The largest absolute Gasteiger partial charge is 0.514 e. The zero-order valence-corrected chi connectivity index (χ0v) is 6.17. The van der Waals surface area contributed by atoms with Gasteiger partial charge in [0.05, 0.1) is 6.26 Å². The summed E-state index contributed by atoms with van der Waals surface area (Å²) in [6.07, 6.45) is 1.58. The highest BCUT2D eigenvalue weighted by atomic mass is 16.4. The van der Waals surface area contributed by atoms with Gasteiger partial charge in [0.25, 0.3) is 0 Å². The van der Waals surface area contributed by atoms with Crippen LogP contribution in [0.2, 0.25) is 0 Å². The summed E-state index contributed by atoms with van der Waals surface area (Å²) < 4.78 is 0. The summed E-state index contributed by atoms with van der Waals surface area (Å²) in [4.78, 5) is 21.2. The Morgan fingerprint density at radius 3 is 1.83 bits per heavy atom. The Labute approximate surface area is 68.3 Å². The molecule has 3 N–H and O–H groups in total. The van der Waals surface area contributed by atoms with Crippen molar-refractivity contribution in [2.75, 3.05) is 13.1 Å². The van der Waals surface area contributed by atoms with Crippen molar-refractivity contribution in [2.45, 2.75) is 0 Å². The average molecular weight is 175 g/mol. The van der Waals surface area contributed by atoms with Crippen molar-refractivity contribution in [3.05, 3.63) is 12.5 Å². The van der Waals surface area contributed by atoms with Crippen molar-refractivity contribution >= 4 is 11.9 Å². The Balaban J connectivity index is 4.03. The number of aliphatic carboxylic acids is 2. The fourth-order valence-corrected chi connectivity index (χ4v) is 0.603. The van der Waals surface area contributed by atoms with E-state index in [1.807, 2.05) is 0 Å². The normalized spacial score (nSPS) is 10.0. The van der Waals surface area contributed by atoms with E-state index in [4.69, 9.17) is 15.3 Å². The van der Waals surface area contributed by atoms with Crippen molar-refractivity contribution in [3.8, 4) is 0 Å². The Morgan fingerprint density at radius 1 is 1.17 bits per heavy atom. The molecule has 0 aromatic rings. The van der Waals surface area contributed by atoms with Crippen molar-refractivity contribution in [3.63, 3.8) is 0 Å². The van der Waals surface area contributed by atoms with Gasteiger partial charge in [0.1, 0.15) is 13.1 Å². The van der Waals surface area contributed by atoms with E-state index in [0.717, 1.165) is 11.1 Å². The van der Waals surface area contributed by atoms with E-state index in [1.54, 1.807) is 0 Å². The van der Waals surface area contributed by atoms with Crippen molar-refractivity contribution in [1.82, 2.24) is 4.90 Å². The Bertz CT molecular complexity index is 184. The molecule has 0 aliphatic heterocycles. The maximum absolute atomic E-state index is 10.1. The number of carbonyl (C=O) groups is 2. The molecular formula is C6H9NO5. The van der Waals surface area contributed by atoms with E-state index < -0.39 is 25.0 Å². The Hall–Kier alpha value is -1.72. The third-order valence-electron chi connectivity index (χ3n) is 0.954. The molecule has 0 aliphatic carbocycles. The first-order valence-electron chi connectivity index (χ1n) is 3.04. The number of hydrogen-bond acceptors (Lipinski definition) is 4. The Kier molecular flexibility index (Phi) is 4.28. The van der Waals surface area contributed by atoms with Crippen LogP contribution in [0.25, 0.3) is 0 Å². The predicted octanol–water partition coefficient (Wildman–Crippen LogP) is -0.513. The van der Waals surface area contributed by atoms with Crippen LogP contribution in [0, 0.1) is 0 Å². The van der Waals surface area contributed by atoms with Crippen LogP contribution in [0.4, 0.5) is 0 Å². The van der Waals surface area contributed by atoms with E-state index in [1.165, 1.54) is 0 Å². The molecular weight excluding hydrogens is 166 g/mol. The minimum Gasteiger partial charge on any atom is -0.514 e. The van der Waals surface area contributed by atoms with Crippen LogP contribution in [0.5, 0.6) is 0 Å². The van der Waals surface area contributed by atoms with Gasteiger partial charge in [-0.05, 0) is 0 Å². The SMILES string of the molecule is O=C(O)CN(C=CO)CC(=O)O. The standard InChI is InChI=1S/C6H9NO5/c8-2-1-7(3-5(9)10)4-6(11)12/h1-2,8H,3-4H2,(H,9,10)(H,11,12). The lowest BCUT2D eigenvalue weighted by Gasteiger charge is -2.13. The molecule has 0 atom stereocenters. The van der Waals surface area contributed by atoms with Gasteiger partial charge in [-0.3, -0.25) is 9.59 Å². The summed E-state index contributed by atoms with van der Waals surface area (Å²) in [6.45, 7) is -0.910. The van der Waals surface area contributed by atoms with E-state index >= 15 is 0 Å². The molecule has 0 amide bonds. The molecule has 6 heteroatoms.